The van der Waals surface area contributed by atoms with Gasteiger partial charge in [0.25, 0.3) is 0 Å². The summed E-state index contributed by atoms with van der Waals surface area (Å²) in [5.74, 6) is -0.309. The van der Waals surface area contributed by atoms with Crippen LogP contribution in [0.15, 0.2) is 0 Å². The van der Waals surface area contributed by atoms with E-state index in [0.717, 1.165) is 29.8 Å². The van der Waals surface area contributed by atoms with Crippen LogP contribution in [0.3, 0.4) is 0 Å². The van der Waals surface area contributed by atoms with Gasteiger partial charge in [-0.3, -0.25) is 4.79 Å². The Balaban J connectivity index is 2.14. The third-order valence-corrected chi connectivity index (χ3v) is 3.45. The maximum Gasteiger partial charge on any atom is 0.306 e. The van der Waals surface area contributed by atoms with E-state index < -0.39 is 5.97 Å². The molecular weight excluding hydrogens is 244 g/mol. The molecule has 0 radical (unpaired) electrons. The smallest absolute Gasteiger partial charge is 0.306 e. The van der Waals surface area contributed by atoms with E-state index in [1.54, 1.807) is 0 Å². The van der Waals surface area contributed by atoms with Crippen molar-refractivity contribution < 1.29 is 14.6 Å². The average Bonchev–Trinajstić information content (AvgIpc) is 2.38. The molecule has 1 aliphatic carbocycles. The molecule has 0 aromatic carbocycles. The third-order valence-electron chi connectivity index (χ3n) is 3.45. The number of rotatable bonds is 5. The van der Waals surface area contributed by atoms with E-state index in [1.165, 1.54) is 0 Å². The van der Waals surface area contributed by atoms with Crippen molar-refractivity contribution in [3.05, 3.63) is 22.8 Å². The molecule has 1 atom stereocenters. The van der Waals surface area contributed by atoms with Gasteiger partial charge in [-0.05, 0) is 38.2 Å². The van der Waals surface area contributed by atoms with Crippen molar-refractivity contribution in [2.45, 2.75) is 46.1 Å². The lowest BCUT2D eigenvalue weighted by Crippen LogP contribution is -2.24. The quantitative estimate of drug-likeness (QED) is 0.822. The Morgan fingerprint density at radius 3 is 2.95 bits per heavy atom. The van der Waals surface area contributed by atoms with Crippen LogP contribution in [0.25, 0.3) is 0 Å². The molecule has 19 heavy (non-hydrogen) atoms. The molecule has 1 aliphatic rings. The van der Waals surface area contributed by atoms with Crippen molar-refractivity contribution in [1.29, 1.82) is 0 Å². The average molecular weight is 264 g/mol. The van der Waals surface area contributed by atoms with Gasteiger partial charge in [-0.1, -0.05) is 6.92 Å². The second-order valence-corrected chi connectivity index (χ2v) is 4.98. The van der Waals surface area contributed by atoms with Gasteiger partial charge in [0, 0.05) is 18.0 Å². The van der Waals surface area contributed by atoms with E-state index in [4.69, 9.17) is 9.84 Å². The molecule has 0 saturated heterocycles. The SMILES string of the molecule is CCCOCc1nc(C)c2c(n1)CCC(C(=O)O)C2. The fraction of sp³-hybridized carbons (Fsp3) is 0.643. The molecule has 1 unspecified atom stereocenters. The minimum absolute atomic E-state index is 0.294. The van der Waals surface area contributed by atoms with Crippen LogP contribution in [0, 0.1) is 12.8 Å². The molecule has 0 spiro atoms. The molecular formula is C14H20N2O3. The molecule has 5 nitrogen and oxygen atoms in total. The molecule has 1 N–H and O–H groups in total. The Hall–Kier alpha value is -1.49. The second-order valence-electron chi connectivity index (χ2n) is 4.98. The number of ether oxygens (including phenoxy) is 1. The third kappa shape index (κ3) is 3.29. The zero-order chi connectivity index (χ0) is 13.8. The summed E-state index contributed by atoms with van der Waals surface area (Å²) in [5.41, 5.74) is 2.91. The summed E-state index contributed by atoms with van der Waals surface area (Å²) in [6.45, 7) is 5.13. The maximum atomic E-state index is 11.1. The van der Waals surface area contributed by atoms with Crippen LogP contribution >= 0.6 is 0 Å². The Kier molecular flexibility index (Phi) is 4.47. The highest BCUT2D eigenvalue weighted by atomic mass is 16.5. The van der Waals surface area contributed by atoms with E-state index in [9.17, 15) is 4.79 Å². The number of aliphatic carboxylic acids is 1. The number of aromatic nitrogens is 2. The van der Waals surface area contributed by atoms with Crippen LogP contribution < -0.4 is 0 Å². The first-order valence-electron chi connectivity index (χ1n) is 6.77. The second kappa shape index (κ2) is 6.10. The number of carboxylic acids is 1. The van der Waals surface area contributed by atoms with Crippen molar-refractivity contribution in [3.8, 4) is 0 Å². The lowest BCUT2D eigenvalue weighted by atomic mass is 9.86. The maximum absolute atomic E-state index is 11.1. The Labute approximate surface area is 113 Å². The number of nitrogens with zero attached hydrogens (tertiary/aromatic N) is 2. The van der Waals surface area contributed by atoms with Crippen LogP contribution in [-0.4, -0.2) is 27.7 Å². The van der Waals surface area contributed by atoms with E-state index in [0.29, 0.717) is 31.9 Å². The van der Waals surface area contributed by atoms with Gasteiger partial charge in [0.05, 0.1) is 5.92 Å². The Bertz CT molecular complexity index is 474. The number of carbonyl (C=O) groups is 1. The topological polar surface area (TPSA) is 72.3 Å². The molecule has 0 bridgehead atoms. The van der Waals surface area contributed by atoms with Gasteiger partial charge in [0.2, 0.25) is 0 Å². The number of hydrogen-bond acceptors (Lipinski definition) is 4. The highest BCUT2D eigenvalue weighted by Gasteiger charge is 2.27. The van der Waals surface area contributed by atoms with Gasteiger partial charge >= 0.3 is 5.97 Å². The van der Waals surface area contributed by atoms with Gasteiger partial charge < -0.3 is 9.84 Å². The summed E-state index contributed by atoms with van der Waals surface area (Å²) in [6.07, 6.45) is 2.90. The van der Waals surface area contributed by atoms with Crippen LogP contribution in [-0.2, 0) is 29.0 Å². The number of aryl methyl sites for hydroxylation is 2. The summed E-state index contributed by atoms with van der Waals surface area (Å²) in [6, 6.07) is 0. The van der Waals surface area contributed by atoms with Gasteiger partial charge in [-0.25, -0.2) is 9.97 Å². The van der Waals surface area contributed by atoms with E-state index >= 15 is 0 Å². The first kappa shape index (κ1) is 13.9. The Morgan fingerprint density at radius 1 is 1.47 bits per heavy atom. The predicted octanol–water partition coefficient (Wildman–Crippen LogP) is 1.90. The molecule has 104 valence electrons. The van der Waals surface area contributed by atoms with Crippen molar-refractivity contribution in [2.75, 3.05) is 6.61 Å². The first-order chi connectivity index (χ1) is 9.11. The summed E-state index contributed by atoms with van der Waals surface area (Å²) < 4.78 is 5.46. The monoisotopic (exact) mass is 264 g/mol. The molecule has 1 aromatic rings. The van der Waals surface area contributed by atoms with Crippen LogP contribution in [0.5, 0.6) is 0 Å². The van der Waals surface area contributed by atoms with Crippen molar-refractivity contribution in [1.82, 2.24) is 9.97 Å². The molecule has 5 heteroatoms. The highest BCUT2D eigenvalue weighted by Crippen LogP contribution is 2.26. The van der Waals surface area contributed by atoms with E-state index in [2.05, 4.69) is 16.9 Å². The summed E-state index contributed by atoms with van der Waals surface area (Å²) in [5, 5.41) is 9.09. The molecule has 0 amide bonds. The van der Waals surface area contributed by atoms with Gasteiger partial charge in [-0.2, -0.15) is 0 Å². The lowest BCUT2D eigenvalue weighted by Gasteiger charge is -2.22. The minimum atomic E-state index is -0.722. The van der Waals surface area contributed by atoms with Crippen LogP contribution in [0.4, 0.5) is 0 Å². The van der Waals surface area contributed by atoms with Gasteiger partial charge in [0.1, 0.15) is 6.61 Å². The fourth-order valence-electron chi connectivity index (χ4n) is 2.43. The molecule has 1 heterocycles. The Morgan fingerprint density at radius 2 is 2.26 bits per heavy atom. The summed E-state index contributed by atoms with van der Waals surface area (Å²) in [7, 11) is 0. The number of fused-ring (bicyclic) bond motifs is 1. The predicted molar refractivity (Wildman–Crippen MR) is 69.9 cm³/mol. The van der Waals surface area contributed by atoms with Crippen molar-refractivity contribution >= 4 is 5.97 Å². The normalized spacial score (nSPS) is 18.1. The fourth-order valence-corrected chi connectivity index (χ4v) is 2.43. The molecule has 2 rings (SSSR count). The highest BCUT2D eigenvalue weighted by molar-refractivity contribution is 5.71. The largest absolute Gasteiger partial charge is 0.481 e. The van der Waals surface area contributed by atoms with Gasteiger partial charge in [0.15, 0.2) is 5.82 Å². The lowest BCUT2D eigenvalue weighted by molar-refractivity contribution is -0.142. The van der Waals surface area contributed by atoms with E-state index in [-0.39, 0.29) is 5.92 Å². The number of hydrogen-bond donors (Lipinski definition) is 1. The van der Waals surface area contributed by atoms with Crippen molar-refractivity contribution in [3.63, 3.8) is 0 Å². The molecule has 0 fully saturated rings. The van der Waals surface area contributed by atoms with Gasteiger partial charge in [-0.15, -0.1) is 0 Å². The molecule has 0 aliphatic heterocycles. The molecule has 0 saturated carbocycles. The van der Waals surface area contributed by atoms with Crippen molar-refractivity contribution in [2.24, 2.45) is 5.92 Å². The first-order valence-corrected chi connectivity index (χ1v) is 6.77. The standard InChI is InChI=1S/C14H20N2O3/c1-3-6-19-8-13-15-9(2)11-7-10(14(17)18)4-5-12(11)16-13/h10H,3-8H2,1-2H3,(H,17,18). The summed E-state index contributed by atoms with van der Waals surface area (Å²) in [4.78, 5) is 20.0. The zero-order valence-corrected chi connectivity index (χ0v) is 11.5. The minimum Gasteiger partial charge on any atom is -0.481 e. The van der Waals surface area contributed by atoms with Crippen LogP contribution in [0.1, 0.15) is 42.5 Å². The van der Waals surface area contributed by atoms with Crippen LogP contribution in [0.2, 0.25) is 0 Å². The number of carboxylic acid groups (broad SMARTS) is 1. The molecule has 1 aromatic heterocycles. The van der Waals surface area contributed by atoms with E-state index in [1.807, 2.05) is 6.92 Å². The summed E-state index contributed by atoms with van der Waals surface area (Å²) >= 11 is 0. The zero-order valence-electron chi connectivity index (χ0n) is 11.5.